The summed E-state index contributed by atoms with van der Waals surface area (Å²) in [5, 5.41) is 4.87. The summed E-state index contributed by atoms with van der Waals surface area (Å²) in [5.74, 6) is 5.08. The highest BCUT2D eigenvalue weighted by Crippen LogP contribution is 2.10. The zero-order chi connectivity index (χ0) is 9.19. The molecule has 0 aliphatic heterocycles. The first-order chi connectivity index (χ1) is 5.54. The Hall–Kier alpha value is -0.530. The summed E-state index contributed by atoms with van der Waals surface area (Å²) in [6, 6.07) is 5.81. The van der Waals surface area contributed by atoms with Crippen LogP contribution in [0.2, 0.25) is 0 Å². The molecule has 0 amide bonds. The highest BCUT2D eigenvalue weighted by atomic mass is 35.5. The fourth-order valence-corrected chi connectivity index (χ4v) is 1.26. The number of halogens is 2. The molecule has 0 saturated carbocycles. The van der Waals surface area contributed by atoms with Crippen LogP contribution in [-0.2, 0) is 10.0 Å². The van der Waals surface area contributed by atoms with Crippen LogP contribution < -0.4 is 16.4 Å². The summed E-state index contributed by atoms with van der Waals surface area (Å²) < 4.78 is 21.5. The molecule has 1 aromatic rings. The van der Waals surface area contributed by atoms with Crippen LogP contribution in [0.4, 0.5) is 5.69 Å². The van der Waals surface area contributed by atoms with E-state index in [0.29, 0.717) is 5.69 Å². The molecular formula is C6H11Cl2N3O2S. The minimum atomic E-state index is -3.60. The van der Waals surface area contributed by atoms with Gasteiger partial charge in [0.05, 0.1) is 4.90 Å². The molecule has 0 bridgehead atoms. The van der Waals surface area contributed by atoms with E-state index in [0.717, 1.165) is 0 Å². The second-order valence-corrected chi connectivity index (χ2v) is 3.78. The minimum Gasteiger partial charge on any atom is -0.324 e. The van der Waals surface area contributed by atoms with Gasteiger partial charge in [-0.25, -0.2) is 13.6 Å². The van der Waals surface area contributed by atoms with Crippen molar-refractivity contribution in [1.29, 1.82) is 0 Å². The number of hydrazine groups is 1. The van der Waals surface area contributed by atoms with E-state index in [4.69, 9.17) is 11.0 Å². The van der Waals surface area contributed by atoms with Crippen LogP contribution in [0, 0.1) is 0 Å². The van der Waals surface area contributed by atoms with Crippen molar-refractivity contribution < 1.29 is 8.42 Å². The van der Waals surface area contributed by atoms with Crippen LogP contribution in [0.1, 0.15) is 0 Å². The number of primary sulfonamides is 1. The maximum atomic E-state index is 10.8. The maximum Gasteiger partial charge on any atom is 0.238 e. The van der Waals surface area contributed by atoms with Crippen LogP contribution >= 0.6 is 24.8 Å². The molecule has 0 radical (unpaired) electrons. The van der Waals surface area contributed by atoms with Crippen molar-refractivity contribution in [2.45, 2.75) is 4.90 Å². The van der Waals surface area contributed by atoms with Gasteiger partial charge in [-0.15, -0.1) is 24.8 Å². The number of sulfonamides is 1. The topological polar surface area (TPSA) is 98.2 Å². The predicted octanol–water partition coefficient (Wildman–Crippen LogP) is 0.463. The number of hydrogen-bond donors (Lipinski definition) is 3. The second kappa shape index (κ2) is 6.05. The van der Waals surface area contributed by atoms with Gasteiger partial charge in [-0.05, 0) is 24.3 Å². The molecule has 1 aromatic carbocycles. The van der Waals surface area contributed by atoms with E-state index in [9.17, 15) is 8.42 Å². The number of rotatable bonds is 2. The second-order valence-electron chi connectivity index (χ2n) is 2.21. The van der Waals surface area contributed by atoms with Gasteiger partial charge in [0.2, 0.25) is 10.0 Å². The average molecular weight is 260 g/mol. The van der Waals surface area contributed by atoms with Crippen LogP contribution in [0.5, 0.6) is 0 Å². The molecule has 5 nitrogen and oxygen atoms in total. The van der Waals surface area contributed by atoms with E-state index < -0.39 is 10.0 Å². The lowest BCUT2D eigenvalue weighted by atomic mass is 10.3. The van der Waals surface area contributed by atoms with Crippen molar-refractivity contribution in [2.75, 3.05) is 5.43 Å². The van der Waals surface area contributed by atoms with Gasteiger partial charge in [-0.1, -0.05) is 0 Å². The Kier molecular flexibility index (Phi) is 6.88. The molecule has 5 N–H and O–H groups in total. The Balaban J connectivity index is 0. The molecule has 0 atom stereocenters. The number of nitrogen functional groups attached to an aromatic ring is 1. The van der Waals surface area contributed by atoms with Crippen molar-refractivity contribution in [3.63, 3.8) is 0 Å². The molecule has 1 rings (SSSR count). The normalized spacial score (nSPS) is 9.57. The van der Waals surface area contributed by atoms with Gasteiger partial charge in [-0.3, -0.25) is 5.84 Å². The first kappa shape index (κ1) is 15.9. The SMILES string of the molecule is Cl.Cl.NNc1ccc(S(N)(=O)=O)cc1. The van der Waals surface area contributed by atoms with E-state index in [-0.39, 0.29) is 29.7 Å². The summed E-state index contributed by atoms with van der Waals surface area (Å²) in [5.41, 5.74) is 3.00. The van der Waals surface area contributed by atoms with Crippen molar-refractivity contribution in [2.24, 2.45) is 11.0 Å². The molecular weight excluding hydrogens is 249 g/mol. The van der Waals surface area contributed by atoms with Gasteiger partial charge in [0.25, 0.3) is 0 Å². The van der Waals surface area contributed by atoms with Crippen molar-refractivity contribution in [1.82, 2.24) is 0 Å². The third kappa shape index (κ3) is 4.12. The maximum absolute atomic E-state index is 10.8. The third-order valence-corrected chi connectivity index (χ3v) is 2.28. The Morgan fingerprint density at radius 1 is 1.07 bits per heavy atom. The van der Waals surface area contributed by atoms with Crippen LogP contribution in [-0.4, -0.2) is 8.42 Å². The highest BCUT2D eigenvalue weighted by molar-refractivity contribution is 7.89. The fourth-order valence-electron chi connectivity index (χ4n) is 0.741. The minimum absolute atomic E-state index is 0. The summed E-state index contributed by atoms with van der Waals surface area (Å²) >= 11 is 0. The molecule has 0 aliphatic carbocycles. The predicted molar refractivity (Wildman–Crippen MR) is 60.1 cm³/mol. The van der Waals surface area contributed by atoms with Gasteiger partial charge in [0.1, 0.15) is 0 Å². The third-order valence-electron chi connectivity index (χ3n) is 1.35. The first-order valence-corrected chi connectivity index (χ1v) is 4.68. The molecule has 0 spiro atoms. The molecule has 14 heavy (non-hydrogen) atoms. The average Bonchev–Trinajstić information content (AvgIpc) is 2.03. The van der Waals surface area contributed by atoms with Crippen LogP contribution in [0.15, 0.2) is 29.2 Å². The first-order valence-electron chi connectivity index (χ1n) is 3.13. The standard InChI is InChI=1S/C6H9N3O2S.2ClH/c7-9-5-1-3-6(4-2-5)12(8,10)11;;/h1-4,9H,7H2,(H2,8,10,11);2*1H. The summed E-state index contributed by atoms with van der Waals surface area (Å²) in [6.45, 7) is 0. The lowest BCUT2D eigenvalue weighted by Crippen LogP contribution is -2.12. The largest absolute Gasteiger partial charge is 0.324 e. The number of anilines is 1. The van der Waals surface area contributed by atoms with Crippen LogP contribution in [0.25, 0.3) is 0 Å². The lowest BCUT2D eigenvalue weighted by Gasteiger charge is -2.00. The van der Waals surface area contributed by atoms with Gasteiger partial charge >= 0.3 is 0 Å². The summed E-state index contributed by atoms with van der Waals surface area (Å²) in [4.78, 5) is 0.0708. The molecule has 0 saturated heterocycles. The summed E-state index contributed by atoms with van der Waals surface area (Å²) in [7, 11) is -3.60. The van der Waals surface area contributed by atoms with E-state index in [1.165, 1.54) is 24.3 Å². The Labute approximate surface area is 94.7 Å². The lowest BCUT2D eigenvalue weighted by molar-refractivity contribution is 0.598. The molecule has 0 unspecified atom stereocenters. The zero-order valence-electron chi connectivity index (χ0n) is 7.01. The van der Waals surface area contributed by atoms with Gasteiger partial charge in [0, 0.05) is 5.69 Å². The van der Waals surface area contributed by atoms with E-state index >= 15 is 0 Å². The van der Waals surface area contributed by atoms with E-state index in [1.54, 1.807) is 0 Å². The van der Waals surface area contributed by atoms with Gasteiger partial charge in [-0.2, -0.15) is 0 Å². The molecule has 8 heteroatoms. The molecule has 0 aliphatic rings. The Bertz CT molecular complexity index is 365. The van der Waals surface area contributed by atoms with E-state index in [1.807, 2.05) is 0 Å². The number of benzene rings is 1. The number of nitrogens with two attached hydrogens (primary N) is 2. The molecule has 0 aromatic heterocycles. The fraction of sp³-hybridized carbons (Fsp3) is 0. The number of nitrogens with one attached hydrogen (secondary N) is 1. The van der Waals surface area contributed by atoms with Gasteiger partial charge in [0.15, 0.2) is 0 Å². The van der Waals surface area contributed by atoms with Crippen molar-refractivity contribution >= 4 is 40.5 Å². The van der Waals surface area contributed by atoms with E-state index in [2.05, 4.69) is 5.43 Å². The highest BCUT2D eigenvalue weighted by Gasteiger charge is 2.05. The summed E-state index contributed by atoms with van der Waals surface area (Å²) in [6.07, 6.45) is 0. The molecule has 0 fully saturated rings. The van der Waals surface area contributed by atoms with Crippen molar-refractivity contribution in [3.8, 4) is 0 Å². The molecule has 82 valence electrons. The van der Waals surface area contributed by atoms with Gasteiger partial charge < -0.3 is 5.43 Å². The Morgan fingerprint density at radius 2 is 1.50 bits per heavy atom. The number of hydrogen-bond acceptors (Lipinski definition) is 4. The zero-order valence-corrected chi connectivity index (χ0v) is 9.45. The molecule has 0 heterocycles. The smallest absolute Gasteiger partial charge is 0.238 e. The van der Waals surface area contributed by atoms with Crippen LogP contribution in [0.3, 0.4) is 0 Å². The quantitative estimate of drug-likeness (QED) is 0.531. The Morgan fingerprint density at radius 3 is 1.79 bits per heavy atom. The van der Waals surface area contributed by atoms with Crippen molar-refractivity contribution in [3.05, 3.63) is 24.3 Å². The monoisotopic (exact) mass is 259 g/mol.